The van der Waals surface area contributed by atoms with Crippen LogP contribution in [-0.2, 0) is 5.41 Å². The summed E-state index contributed by atoms with van der Waals surface area (Å²) < 4.78 is 2.38. The second kappa shape index (κ2) is 7.05. The van der Waals surface area contributed by atoms with Crippen LogP contribution in [-0.4, -0.2) is 14.5 Å². The minimum atomic E-state index is -0.400. The molecule has 3 heteroatoms. The summed E-state index contributed by atoms with van der Waals surface area (Å²) in [6, 6.07) is 39.8. The number of pyridine rings is 2. The third kappa shape index (κ3) is 2.26. The Morgan fingerprint density at radius 1 is 0.526 bits per heavy atom. The third-order valence-corrected chi connectivity index (χ3v) is 8.56. The molecule has 0 atom stereocenters. The van der Waals surface area contributed by atoms with Crippen molar-refractivity contribution < 1.29 is 0 Å². The lowest BCUT2D eigenvalue weighted by Gasteiger charge is -2.30. The van der Waals surface area contributed by atoms with E-state index in [0.717, 1.165) is 16.9 Å². The number of aromatic nitrogens is 3. The molecule has 0 N–H and O–H groups in total. The van der Waals surface area contributed by atoms with Gasteiger partial charge in [-0.3, -0.25) is 9.97 Å². The molecule has 3 aromatic heterocycles. The highest BCUT2D eigenvalue weighted by molar-refractivity contribution is 6.09. The molecule has 2 aliphatic rings. The molecule has 0 amide bonds. The van der Waals surface area contributed by atoms with E-state index in [0.29, 0.717) is 0 Å². The first-order valence-electron chi connectivity index (χ1n) is 13.0. The summed E-state index contributed by atoms with van der Waals surface area (Å²) in [5.41, 5.74) is 13.2. The number of hydrogen-bond acceptors (Lipinski definition) is 2. The van der Waals surface area contributed by atoms with E-state index in [-0.39, 0.29) is 0 Å². The molecular weight excluding hydrogens is 462 g/mol. The number of para-hydroxylation sites is 1. The van der Waals surface area contributed by atoms with Crippen LogP contribution in [0.4, 0.5) is 0 Å². The molecular formula is C35H21N3. The van der Waals surface area contributed by atoms with Gasteiger partial charge in [0.2, 0.25) is 0 Å². The lowest BCUT2D eigenvalue weighted by atomic mass is 9.71. The fourth-order valence-electron chi connectivity index (χ4n) is 7.17. The average Bonchev–Trinajstić information content (AvgIpc) is 3.59. The molecule has 0 radical (unpaired) electrons. The van der Waals surface area contributed by atoms with Gasteiger partial charge >= 0.3 is 0 Å². The van der Waals surface area contributed by atoms with Crippen LogP contribution < -0.4 is 0 Å². The SMILES string of the molecule is c1ccc2c(c1)-c1ccccc1C21c2cc(-n3c4ccccc4c4cnccc43)ccc2-c2ncccc21. The molecule has 2 aliphatic carbocycles. The van der Waals surface area contributed by atoms with Crippen molar-refractivity contribution in [2.24, 2.45) is 0 Å². The molecule has 0 saturated heterocycles. The van der Waals surface area contributed by atoms with E-state index in [1.54, 1.807) is 0 Å². The van der Waals surface area contributed by atoms with Gasteiger partial charge in [0.05, 0.1) is 22.1 Å². The Balaban J connectivity index is 1.43. The van der Waals surface area contributed by atoms with Gasteiger partial charge in [-0.1, -0.05) is 78.9 Å². The predicted molar refractivity (Wildman–Crippen MR) is 153 cm³/mol. The predicted octanol–water partition coefficient (Wildman–Crippen LogP) is 7.92. The Hall–Kier alpha value is -5.02. The fraction of sp³-hybridized carbons (Fsp3) is 0.0286. The van der Waals surface area contributed by atoms with Crippen LogP contribution in [0.15, 0.2) is 128 Å². The highest BCUT2D eigenvalue weighted by Crippen LogP contribution is 2.62. The number of hydrogen-bond donors (Lipinski definition) is 0. The number of rotatable bonds is 1. The zero-order chi connectivity index (χ0) is 24.8. The van der Waals surface area contributed by atoms with E-state index in [4.69, 9.17) is 4.98 Å². The molecule has 38 heavy (non-hydrogen) atoms. The van der Waals surface area contributed by atoms with Crippen LogP contribution in [0.1, 0.15) is 22.3 Å². The normalized spacial score (nSPS) is 14.0. The Labute approximate surface area is 219 Å². The minimum Gasteiger partial charge on any atom is -0.309 e. The van der Waals surface area contributed by atoms with Crippen LogP contribution in [0.2, 0.25) is 0 Å². The Kier molecular flexibility index (Phi) is 3.73. The topological polar surface area (TPSA) is 30.7 Å². The van der Waals surface area contributed by atoms with Crippen LogP contribution in [0, 0.1) is 0 Å². The largest absolute Gasteiger partial charge is 0.309 e. The second-order valence-electron chi connectivity index (χ2n) is 10.2. The van der Waals surface area contributed by atoms with Gasteiger partial charge < -0.3 is 4.57 Å². The molecule has 176 valence electrons. The van der Waals surface area contributed by atoms with E-state index in [2.05, 4.69) is 119 Å². The van der Waals surface area contributed by atoms with Gasteiger partial charge in [0, 0.05) is 40.6 Å². The lowest BCUT2D eigenvalue weighted by molar-refractivity contribution is 0.790. The van der Waals surface area contributed by atoms with Crippen molar-refractivity contribution in [3.05, 3.63) is 150 Å². The number of fused-ring (bicyclic) bond motifs is 13. The van der Waals surface area contributed by atoms with Gasteiger partial charge in [-0.15, -0.1) is 0 Å². The van der Waals surface area contributed by atoms with Crippen molar-refractivity contribution in [3.8, 4) is 28.1 Å². The highest BCUT2D eigenvalue weighted by atomic mass is 15.0. The Morgan fingerprint density at radius 3 is 2.08 bits per heavy atom. The Morgan fingerprint density at radius 2 is 1.24 bits per heavy atom. The van der Waals surface area contributed by atoms with E-state index in [9.17, 15) is 0 Å². The maximum Gasteiger partial charge on any atom is 0.0753 e. The number of nitrogens with zero attached hydrogens (tertiary/aromatic N) is 3. The summed E-state index contributed by atoms with van der Waals surface area (Å²) in [7, 11) is 0. The van der Waals surface area contributed by atoms with Gasteiger partial charge in [-0.2, -0.15) is 0 Å². The molecule has 0 bridgehead atoms. The second-order valence-corrected chi connectivity index (χ2v) is 10.2. The van der Waals surface area contributed by atoms with Crippen molar-refractivity contribution >= 4 is 21.8 Å². The molecule has 0 unspecified atom stereocenters. The lowest BCUT2D eigenvalue weighted by Crippen LogP contribution is -2.26. The fourth-order valence-corrected chi connectivity index (χ4v) is 7.17. The summed E-state index contributed by atoms with van der Waals surface area (Å²) in [5.74, 6) is 0. The molecule has 0 aliphatic heterocycles. The minimum absolute atomic E-state index is 0.400. The quantitative estimate of drug-likeness (QED) is 0.237. The summed E-state index contributed by atoms with van der Waals surface area (Å²) in [4.78, 5) is 9.38. The number of benzene rings is 4. The molecule has 3 heterocycles. The first-order valence-corrected chi connectivity index (χ1v) is 13.0. The van der Waals surface area contributed by atoms with Gasteiger partial charge in [-0.05, 0) is 63.7 Å². The smallest absolute Gasteiger partial charge is 0.0753 e. The molecule has 7 aromatic rings. The monoisotopic (exact) mass is 483 g/mol. The van der Waals surface area contributed by atoms with Crippen LogP contribution in [0.25, 0.3) is 49.9 Å². The molecule has 0 saturated carbocycles. The first kappa shape index (κ1) is 20.1. The van der Waals surface area contributed by atoms with Crippen molar-refractivity contribution in [2.45, 2.75) is 5.41 Å². The van der Waals surface area contributed by atoms with Crippen LogP contribution in [0.5, 0.6) is 0 Å². The van der Waals surface area contributed by atoms with Gasteiger partial charge in [0.15, 0.2) is 0 Å². The van der Waals surface area contributed by atoms with E-state index >= 15 is 0 Å². The van der Waals surface area contributed by atoms with E-state index in [1.165, 1.54) is 55.2 Å². The average molecular weight is 484 g/mol. The first-order chi connectivity index (χ1) is 18.9. The standard InChI is InChI=1S/C35H21N3/c1-4-11-28-23(8-1)24-9-2-5-12-29(24)35(28)30-13-7-18-37-34(30)26-16-15-22(20-31(26)35)38-32-14-6-3-10-25(32)27-21-36-19-17-33(27)38/h1-21H. The summed E-state index contributed by atoms with van der Waals surface area (Å²) in [6.07, 6.45) is 5.78. The molecule has 0 fully saturated rings. The van der Waals surface area contributed by atoms with Gasteiger partial charge in [0.1, 0.15) is 0 Å². The Bertz CT molecular complexity index is 1980. The van der Waals surface area contributed by atoms with Crippen molar-refractivity contribution in [3.63, 3.8) is 0 Å². The van der Waals surface area contributed by atoms with Gasteiger partial charge in [-0.25, -0.2) is 0 Å². The zero-order valence-corrected chi connectivity index (χ0v) is 20.5. The highest BCUT2D eigenvalue weighted by Gasteiger charge is 2.52. The maximum atomic E-state index is 4.94. The van der Waals surface area contributed by atoms with Crippen molar-refractivity contribution in [1.29, 1.82) is 0 Å². The van der Waals surface area contributed by atoms with Crippen LogP contribution >= 0.6 is 0 Å². The maximum absolute atomic E-state index is 4.94. The third-order valence-electron chi connectivity index (χ3n) is 8.56. The van der Waals surface area contributed by atoms with Gasteiger partial charge in [0.25, 0.3) is 0 Å². The summed E-state index contributed by atoms with van der Waals surface area (Å²) in [6.45, 7) is 0. The van der Waals surface area contributed by atoms with Crippen molar-refractivity contribution in [1.82, 2.24) is 14.5 Å². The molecule has 4 aromatic carbocycles. The van der Waals surface area contributed by atoms with Crippen LogP contribution in [0.3, 0.4) is 0 Å². The summed E-state index contributed by atoms with van der Waals surface area (Å²) >= 11 is 0. The molecule has 3 nitrogen and oxygen atoms in total. The van der Waals surface area contributed by atoms with E-state index in [1.807, 2.05) is 18.6 Å². The molecule has 1 spiro atoms. The molecule has 9 rings (SSSR count). The van der Waals surface area contributed by atoms with Crippen molar-refractivity contribution in [2.75, 3.05) is 0 Å². The zero-order valence-electron chi connectivity index (χ0n) is 20.5. The van der Waals surface area contributed by atoms with E-state index < -0.39 is 5.41 Å². The summed E-state index contributed by atoms with van der Waals surface area (Å²) in [5, 5.41) is 2.38.